The molecule has 0 saturated carbocycles. The third kappa shape index (κ3) is 2.52. The van der Waals surface area contributed by atoms with E-state index in [2.05, 4.69) is 9.72 Å². The van der Waals surface area contributed by atoms with Gasteiger partial charge in [0.1, 0.15) is 17.2 Å². The van der Waals surface area contributed by atoms with Gasteiger partial charge in [-0.2, -0.15) is 0 Å². The summed E-state index contributed by atoms with van der Waals surface area (Å²) in [6.45, 7) is 0. The molecule has 0 fully saturated rings. The average molecular weight is 265 g/mol. The molecule has 2 aromatic rings. The van der Waals surface area contributed by atoms with Crippen LogP contribution in [0.15, 0.2) is 35.3 Å². The average Bonchev–Trinajstić information content (AvgIpc) is 2.37. The molecule has 0 aliphatic heterocycles. The number of H-pyrrole nitrogens is 1. The summed E-state index contributed by atoms with van der Waals surface area (Å²) in [5, 5.41) is 0. The first-order valence-corrected chi connectivity index (χ1v) is 5.29. The van der Waals surface area contributed by atoms with E-state index in [0.29, 0.717) is 6.07 Å². The summed E-state index contributed by atoms with van der Waals surface area (Å²) < 4.78 is 30.7. The van der Waals surface area contributed by atoms with Crippen molar-refractivity contribution in [1.29, 1.82) is 0 Å². The number of aromatic nitrogens is 1. The number of benzene rings is 1. The Morgan fingerprint density at radius 2 is 2.00 bits per heavy atom. The number of carbonyl (C=O) groups is 1. The number of hydrogen-bond acceptors (Lipinski definition) is 3. The van der Waals surface area contributed by atoms with Crippen LogP contribution in [0.25, 0.3) is 11.3 Å². The fourth-order valence-electron chi connectivity index (χ4n) is 1.60. The Morgan fingerprint density at radius 3 is 2.58 bits per heavy atom. The van der Waals surface area contributed by atoms with Gasteiger partial charge in [-0.3, -0.25) is 4.79 Å². The van der Waals surface area contributed by atoms with E-state index in [1.807, 2.05) is 0 Å². The molecule has 1 aromatic heterocycles. The predicted molar refractivity (Wildman–Crippen MR) is 63.8 cm³/mol. The third-order valence-corrected chi connectivity index (χ3v) is 2.54. The molecular weight excluding hydrogens is 256 g/mol. The molecule has 0 bridgehead atoms. The molecule has 0 amide bonds. The minimum atomic E-state index is -0.804. The molecule has 1 aromatic carbocycles. The number of methoxy groups -OCH3 is 1. The summed E-state index contributed by atoms with van der Waals surface area (Å²) in [5.41, 5.74) is -0.608. The predicted octanol–water partition coefficient (Wildman–Crippen LogP) is 2.11. The second-order valence-electron chi connectivity index (χ2n) is 3.74. The molecule has 4 nitrogen and oxygen atoms in total. The standard InChI is InChI=1S/C13H9F2NO3/c1-19-13(18)9-6-16-11(5-12(9)17)8-3-2-7(14)4-10(8)15/h2-6H,1H3,(H,16,17). The highest BCUT2D eigenvalue weighted by atomic mass is 19.1. The van der Waals surface area contributed by atoms with Crippen LogP contribution in [0.3, 0.4) is 0 Å². The molecule has 0 unspecified atom stereocenters. The molecule has 0 saturated heterocycles. The van der Waals surface area contributed by atoms with Crippen LogP contribution in [-0.4, -0.2) is 18.1 Å². The highest BCUT2D eigenvalue weighted by Gasteiger charge is 2.13. The van der Waals surface area contributed by atoms with E-state index in [1.54, 1.807) is 0 Å². The summed E-state index contributed by atoms with van der Waals surface area (Å²) in [6.07, 6.45) is 1.13. The van der Waals surface area contributed by atoms with Gasteiger partial charge in [0.25, 0.3) is 0 Å². The van der Waals surface area contributed by atoms with E-state index < -0.39 is 23.0 Å². The Hall–Kier alpha value is -2.50. The van der Waals surface area contributed by atoms with Crippen LogP contribution in [0.2, 0.25) is 0 Å². The minimum absolute atomic E-state index is 0.0370. The van der Waals surface area contributed by atoms with Crippen LogP contribution >= 0.6 is 0 Å². The Bertz CT molecular complexity index is 695. The zero-order valence-electron chi connectivity index (χ0n) is 9.87. The fraction of sp³-hybridized carbons (Fsp3) is 0.0769. The molecule has 0 radical (unpaired) electrons. The number of rotatable bonds is 2. The monoisotopic (exact) mass is 265 g/mol. The molecule has 1 heterocycles. The lowest BCUT2D eigenvalue weighted by molar-refractivity contribution is 0.0599. The molecule has 98 valence electrons. The van der Waals surface area contributed by atoms with E-state index in [-0.39, 0.29) is 16.8 Å². The second kappa shape index (κ2) is 5.01. The first-order valence-electron chi connectivity index (χ1n) is 5.29. The maximum atomic E-state index is 13.5. The highest BCUT2D eigenvalue weighted by Crippen LogP contribution is 2.20. The van der Waals surface area contributed by atoms with Crippen molar-refractivity contribution in [2.75, 3.05) is 7.11 Å². The number of pyridine rings is 1. The Morgan fingerprint density at radius 1 is 1.26 bits per heavy atom. The zero-order valence-corrected chi connectivity index (χ0v) is 9.87. The maximum Gasteiger partial charge on any atom is 0.343 e. The van der Waals surface area contributed by atoms with Gasteiger partial charge in [-0.25, -0.2) is 13.6 Å². The van der Waals surface area contributed by atoms with Gasteiger partial charge >= 0.3 is 5.97 Å². The molecule has 19 heavy (non-hydrogen) atoms. The van der Waals surface area contributed by atoms with Crippen LogP contribution in [-0.2, 0) is 4.74 Å². The van der Waals surface area contributed by atoms with Crippen molar-refractivity contribution in [3.05, 3.63) is 57.9 Å². The molecule has 1 N–H and O–H groups in total. The second-order valence-corrected chi connectivity index (χ2v) is 3.74. The van der Waals surface area contributed by atoms with Crippen molar-refractivity contribution >= 4 is 5.97 Å². The third-order valence-electron chi connectivity index (χ3n) is 2.54. The summed E-state index contributed by atoms with van der Waals surface area (Å²) in [4.78, 5) is 25.5. The van der Waals surface area contributed by atoms with Crippen molar-refractivity contribution < 1.29 is 18.3 Å². The number of hydrogen-bond donors (Lipinski definition) is 1. The Kier molecular flexibility index (Phi) is 3.41. The number of aromatic amines is 1. The lowest BCUT2D eigenvalue weighted by Gasteiger charge is -2.04. The molecular formula is C13H9F2NO3. The zero-order chi connectivity index (χ0) is 14.0. The molecule has 2 rings (SSSR count). The number of esters is 1. The van der Waals surface area contributed by atoms with Crippen molar-refractivity contribution in [2.24, 2.45) is 0 Å². The summed E-state index contributed by atoms with van der Waals surface area (Å²) >= 11 is 0. The van der Waals surface area contributed by atoms with Crippen LogP contribution in [0.1, 0.15) is 10.4 Å². The van der Waals surface area contributed by atoms with Gasteiger partial charge < -0.3 is 9.72 Å². The number of nitrogens with one attached hydrogen (secondary N) is 1. The van der Waals surface area contributed by atoms with E-state index >= 15 is 0 Å². The van der Waals surface area contributed by atoms with Crippen molar-refractivity contribution in [3.63, 3.8) is 0 Å². The van der Waals surface area contributed by atoms with E-state index in [9.17, 15) is 18.4 Å². The smallest absolute Gasteiger partial charge is 0.343 e. The minimum Gasteiger partial charge on any atom is -0.465 e. The van der Waals surface area contributed by atoms with Gasteiger partial charge in [0.2, 0.25) is 0 Å². The lowest BCUT2D eigenvalue weighted by atomic mass is 10.1. The van der Waals surface area contributed by atoms with Gasteiger partial charge in [0.15, 0.2) is 5.43 Å². The normalized spacial score (nSPS) is 10.3. The first-order chi connectivity index (χ1) is 9.02. The SMILES string of the molecule is COC(=O)c1c[nH]c(-c2ccc(F)cc2F)cc1=O. The number of carbonyl (C=O) groups excluding carboxylic acids is 1. The Balaban J connectivity index is 2.50. The van der Waals surface area contributed by atoms with Crippen LogP contribution in [0, 0.1) is 11.6 Å². The van der Waals surface area contributed by atoms with Gasteiger partial charge in [-0.15, -0.1) is 0 Å². The Labute approximate surface area is 106 Å². The topological polar surface area (TPSA) is 59.2 Å². The summed E-state index contributed by atoms with van der Waals surface area (Å²) in [5.74, 6) is -2.30. The summed E-state index contributed by atoms with van der Waals surface area (Å²) in [6, 6.07) is 4.04. The van der Waals surface area contributed by atoms with E-state index in [1.165, 1.54) is 6.07 Å². The van der Waals surface area contributed by atoms with Crippen molar-refractivity contribution in [2.45, 2.75) is 0 Å². The molecule has 0 spiro atoms. The molecule has 6 heteroatoms. The van der Waals surface area contributed by atoms with Crippen molar-refractivity contribution in [3.8, 4) is 11.3 Å². The molecule has 0 aliphatic rings. The number of ether oxygens (including phenoxy) is 1. The van der Waals surface area contributed by atoms with Gasteiger partial charge in [-0.05, 0) is 12.1 Å². The molecule has 0 atom stereocenters. The molecule has 0 aliphatic carbocycles. The van der Waals surface area contributed by atoms with Gasteiger partial charge in [-0.1, -0.05) is 0 Å². The van der Waals surface area contributed by atoms with Gasteiger partial charge in [0.05, 0.1) is 12.8 Å². The van der Waals surface area contributed by atoms with Crippen molar-refractivity contribution in [1.82, 2.24) is 4.98 Å². The summed E-state index contributed by atoms with van der Waals surface area (Å²) in [7, 11) is 1.15. The van der Waals surface area contributed by atoms with Gasteiger partial charge in [0, 0.05) is 23.9 Å². The number of halogens is 2. The fourth-order valence-corrected chi connectivity index (χ4v) is 1.60. The van der Waals surface area contributed by atoms with Crippen LogP contribution < -0.4 is 5.43 Å². The van der Waals surface area contributed by atoms with E-state index in [4.69, 9.17) is 0 Å². The lowest BCUT2D eigenvalue weighted by Crippen LogP contribution is -2.16. The highest BCUT2D eigenvalue weighted by molar-refractivity contribution is 5.89. The van der Waals surface area contributed by atoms with Crippen LogP contribution in [0.4, 0.5) is 8.78 Å². The first kappa shape index (κ1) is 12.9. The quantitative estimate of drug-likeness (QED) is 0.846. The maximum absolute atomic E-state index is 13.5. The van der Waals surface area contributed by atoms with E-state index in [0.717, 1.165) is 25.4 Å². The largest absolute Gasteiger partial charge is 0.465 e. The van der Waals surface area contributed by atoms with Crippen LogP contribution in [0.5, 0.6) is 0 Å².